The minimum atomic E-state index is -1.11. The maximum atomic E-state index is 13.0. The molecule has 9 heteroatoms. The van der Waals surface area contributed by atoms with Crippen molar-refractivity contribution in [2.45, 2.75) is 13.0 Å². The van der Waals surface area contributed by atoms with Gasteiger partial charge >= 0.3 is 5.97 Å². The Hall–Kier alpha value is -3.36. The monoisotopic (exact) mass is 538 g/mol. The Labute approximate surface area is 222 Å². The maximum absolute atomic E-state index is 13.0. The number of rotatable bonds is 6. The largest absolute Gasteiger partial charge is 0.506 e. The molecule has 3 N–H and O–H groups in total. The second kappa shape index (κ2) is 10.2. The van der Waals surface area contributed by atoms with Crippen LogP contribution in [0.5, 0.6) is 5.75 Å². The van der Waals surface area contributed by atoms with Crippen LogP contribution in [0.3, 0.4) is 0 Å². The quantitative estimate of drug-likeness (QED) is 0.223. The van der Waals surface area contributed by atoms with Gasteiger partial charge in [-0.15, -0.1) is 6.58 Å². The van der Waals surface area contributed by atoms with Crippen LogP contribution < -0.4 is 10.7 Å². The van der Waals surface area contributed by atoms with E-state index in [1.54, 1.807) is 30.3 Å². The fraction of sp³-hybridized carbons (Fsp3) is 0.214. The van der Waals surface area contributed by atoms with Gasteiger partial charge in [0.25, 0.3) is 0 Å². The fourth-order valence-corrected chi connectivity index (χ4v) is 5.39. The van der Waals surface area contributed by atoms with Crippen molar-refractivity contribution in [1.29, 1.82) is 0 Å². The molecule has 0 amide bonds. The predicted molar refractivity (Wildman–Crippen MR) is 145 cm³/mol. The summed E-state index contributed by atoms with van der Waals surface area (Å²) >= 11 is 12.9. The van der Waals surface area contributed by atoms with E-state index in [0.29, 0.717) is 45.3 Å². The average molecular weight is 539 g/mol. The van der Waals surface area contributed by atoms with Crippen LogP contribution in [-0.2, 0) is 13.0 Å². The van der Waals surface area contributed by atoms with E-state index in [0.717, 1.165) is 26.2 Å². The molecule has 0 unspecified atom stereocenters. The molecule has 1 aliphatic carbocycles. The van der Waals surface area contributed by atoms with Gasteiger partial charge in [0.05, 0.1) is 21.2 Å². The van der Waals surface area contributed by atoms with Crippen LogP contribution in [0.2, 0.25) is 10.0 Å². The number of carbonyl (C=O) groups is 1. The van der Waals surface area contributed by atoms with E-state index in [4.69, 9.17) is 27.6 Å². The second-order valence-corrected chi connectivity index (χ2v) is 9.77. The molecule has 1 saturated heterocycles. The summed E-state index contributed by atoms with van der Waals surface area (Å²) in [6, 6.07) is 9.65. The number of aromatic carboxylic acids is 1. The number of phenolic OH excluding ortho intramolecular Hbond substituents is 1. The molecule has 0 saturated carbocycles. The summed E-state index contributed by atoms with van der Waals surface area (Å²) in [5.74, 6) is -0.961. The Morgan fingerprint density at radius 3 is 2.54 bits per heavy atom. The number of benzene rings is 3. The number of nitrogens with zero attached hydrogens (tertiary/aromatic N) is 1. The number of hydrogen-bond acceptors (Lipinski definition) is 6. The molecule has 2 aliphatic heterocycles. The number of phenols is 1. The first-order valence-electron chi connectivity index (χ1n) is 11.8. The van der Waals surface area contributed by atoms with Crippen molar-refractivity contribution in [3.8, 4) is 28.2 Å². The zero-order valence-corrected chi connectivity index (χ0v) is 21.3. The summed E-state index contributed by atoms with van der Waals surface area (Å²) in [6.07, 6.45) is 1.77. The molecule has 0 bridgehead atoms. The highest BCUT2D eigenvalue weighted by atomic mass is 35.5. The molecule has 5 rings (SSSR count). The van der Waals surface area contributed by atoms with Gasteiger partial charge in [-0.1, -0.05) is 47.5 Å². The topological polar surface area (TPSA) is 103 Å². The van der Waals surface area contributed by atoms with Crippen molar-refractivity contribution < 1.29 is 19.4 Å². The zero-order valence-electron chi connectivity index (χ0n) is 19.8. The number of piperazine rings is 1. The van der Waals surface area contributed by atoms with Crippen molar-refractivity contribution in [2.24, 2.45) is 0 Å². The number of fused-ring (bicyclic) bond motifs is 2. The van der Waals surface area contributed by atoms with Gasteiger partial charge in [0.15, 0.2) is 0 Å². The normalized spacial score (nSPS) is 14.3. The molecular weight excluding hydrogens is 515 g/mol. The Morgan fingerprint density at radius 1 is 1.11 bits per heavy atom. The number of allylic oxidation sites excluding steroid dienone is 1. The van der Waals surface area contributed by atoms with Crippen LogP contribution in [-0.4, -0.2) is 47.3 Å². The maximum Gasteiger partial charge on any atom is 0.336 e. The smallest absolute Gasteiger partial charge is 0.336 e. The lowest BCUT2D eigenvalue weighted by molar-refractivity contribution is 0.0697. The number of carboxylic acids is 1. The number of carboxylic acid groups (broad SMARTS) is 1. The first kappa shape index (κ1) is 25.3. The molecule has 1 fully saturated rings. The zero-order chi connectivity index (χ0) is 26.3. The third-order valence-electron chi connectivity index (χ3n) is 6.69. The molecular formula is C28H24Cl2N2O5. The van der Waals surface area contributed by atoms with Gasteiger partial charge in [-0.05, 0) is 30.2 Å². The fourth-order valence-electron chi connectivity index (χ4n) is 4.94. The first-order valence-corrected chi connectivity index (χ1v) is 12.6. The van der Waals surface area contributed by atoms with E-state index in [2.05, 4.69) is 16.8 Å². The predicted octanol–water partition coefficient (Wildman–Crippen LogP) is 5.41. The molecule has 190 valence electrons. The first-order chi connectivity index (χ1) is 17.8. The van der Waals surface area contributed by atoms with E-state index >= 15 is 0 Å². The highest BCUT2D eigenvalue weighted by Gasteiger charge is 2.28. The van der Waals surface area contributed by atoms with Crippen LogP contribution >= 0.6 is 23.2 Å². The molecule has 0 radical (unpaired) electrons. The molecule has 7 nitrogen and oxygen atoms in total. The van der Waals surface area contributed by atoms with Crippen molar-refractivity contribution in [2.75, 3.05) is 26.2 Å². The third kappa shape index (κ3) is 4.49. The summed E-state index contributed by atoms with van der Waals surface area (Å²) in [5, 5.41) is 24.9. The number of halogens is 2. The molecule has 3 aliphatic rings. The van der Waals surface area contributed by atoms with E-state index in [-0.39, 0.29) is 33.5 Å². The number of nitrogens with one attached hydrogen (secondary N) is 1. The standard InChI is InChI=1S/C28H24Cl2N2O5/c1-2-5-17-24(33)21(29)12-18-23(15-6-3-4-7-16(15)28(35)36)19-13-22(30)25(34)20(27(19)37-26(17)18)14-32-10-8-31-9-11-32/h2-4,6-7,12-13,31,34H,1,5,8-11,14H2,(H,35,36). The lowest BCUT2D eigenvalue weighted by atomic mass is 9.88. The molecule has 0 atom stereocenters. The van der Waals surface area contributed by atoms with Crippen LogP contribution in [0.15, 0.2) is 58.3 Å². The molecule has 2 aromatic rings. The van der Waals surface area contributed by atoms with Crippen LogP contribution in [0.4, 0.5) is 0 Å². The molecule has 0 spiro atoms. The summed E-state index contributed by atoms with van der Waals surface area (Å²) < 4.78 is 6.42. The van der Waals surface area contributed by atoms with Crippen molar-refractivity contribution in [3.05, 3.63) is 86.0 Å². The Morgan fingerprint density at radius 2 is 1.84 bits per heavy atom. The highest BCUT2D eigenvalue weighted by Crippen LogP contribution is 2.47. The lowest BCUT2D eigenvalue weighted by Gasteiger charge is -2.28. The third-order valence-corrected chi connectivity index (χ3v) is 7.26. The highest BCUT2D eigenvalue weighted by molar-refractivity contribution is 6.33. The van der Waals surface area contributed by atoms with Crippen LogP contribution in [0, 0.1) is 0 Å². The number of hydrogen-bond donors (Lipinski definition) is 3. The number of aromatic hydroxyl groups is 1. The van der Waals surface area contributed by atoms with Gasteiger partial charge in [-0.2, -0.15) is 0 Å². The molecule has 37 heavy (non-hydrogen) atoms. The van der Waals surface area contributed by atoms with Gasteiger partial charge in [-0.3, -0.25) is 9.69 Å². The Balaban J connectivity index is 1.95. The lowest BCUT2D eigenvalue weighted by Crippen LogP contribution is -2.42. The van der Waals surface area contributed by atoms with Gasteiger partial charge < -0.3 is 19.9 Å². The van der Waals surface area contributed by atoms with Crippen LogP contribution in [0.1, 0.15) is 21.5 Å². The summed E-state index contributed by atoms with van der Waals surface area (Å²) in [6.45, 7) is 7.25. The van der Waals surface area contributed by atoms with Gasteiger partial charge in [-0.25, -0.2) is 4.79 Å². The summed E-state index contributed by atoms with van der Waals surface area (Å²) in [7, 11) is 0. The van der Waals surface area contributed by atoms with Gasteiger partial charge in [0, 0.05) is 54.8 Å². The minimum absolute atomic E-state index is 0.0149. The second-order valence-electron chi connectivity index (χ2n) is 8.95. The summed E-state index contributed by atoms with van der Waals surface area (Å²) in [5.41, 5.74) is 2.16. The Bertz CT molecular complexity index is 1570. The Kier molecular flexibility index (Phi) is 6.96. The van der Waals surface area contributed by atoms with Crippen molar-refractivity contribution in [3.63, 3.8) is 0 Å². The molecule has 2 heterocycles. The van der Waals surface area contributed by atoms with E-state index in [9.17, 15) is 19.8 Å². The molecule has 0 aromatic heterocycles. The van der Waals surface area contributed by atoms with E-state index in [1.165, 1.54) is 12.1 Å². The molecule has 2 aromatic carbocycles. The van der Waals surface area contributed by atoms with E-state index in [1.807, 2.05) is 0 Å². The minimum Gasteiger partial charge on any atom is -0.506 e. The summed E-state index contributed by atoms with van der Waals surface area (Å²) in [4.78, 5) is 27.4. The van der Waals surface area contributed by atoms with Crippen molar-refractivity contribution >= 4 is 40.1 Å². The van der Waals surface area contributed by atoms with Gasteiger partial charge in [0.1, 0.15) is 17.1 Å². The van der Waals surface area contributed by atoms with E-state index < -0.39 is 11.4 Å². The van der Waals surface area contributed by atoms with Gasteiger partial charge in [0.2, 0.25) is 5.43 Å². The van der Waals surface area contributed by atoms with Crippen molar-refractivity contribution in [1.82, 2.24) is 10.2 Å². The van der Waals surface area contributed by atoms with Crippen LogP contribution in [0.25, 0.3) is 33.4 Å². The average Bonchev–Trinajstić information content (AvgIpc) is 2.89. The SMILES string of the molecule is C=CCc1c2oc3c(CN4CCNCC4)c(O)c(Cl)cc3c(-c3ccccc3C(=O)O)c-2cc(Cl)c1=O.